The van der Waals surface area contributed by atoms with Gasteiger partial charge in [-0.1, -0.05) is 12.1 Å². The van der Waals surface area contributed by atoms with Gasteiger partial charge in [-0.3, -0.25) is 14.7 Å². The molecule has 3 heterocycles. The van der Waals surface area contributed by atoms with Gasteiger partial charge in [0, 0.05) is 30.9 Å². The minimum atomic E-state index is -0.795. The fourth-order valence-corrected chi connectivity index (χ4v) is 3.81. The number of aromatic nitrogens is 1. The molecule has 1 aromatic heterocycles. The fourth-order valence-electron chi connectivity index (χ4n) is 3.81. The van der Waals surface area contributed by atoms with E-state index < -0.39 is 11.9 Å². The van der Waals surface area contributed by atoms with Crippen molar-refractivity contribution in [2.75, 3.05) is 20.4 Å². The Labute approximate surface area is 139 Å². The first kappa shape index (κ1) is 15.0. The van der Waals surface area contributed by atoms with Crippen molar-refractivity contribution in [3.63, 3.8) is 0 Å². The summed E-state index contributed by atoms with van der Waals surface area (Å²) >= 11 is 0. The van der Waals surface area contributed by atoms with E-state index in [1.54, 1.807) is 12.4 Å². The number of ether oxygens (including phenoxy) is 2. The number of carboxylic acid groups (broad SMARTS) is 1. The number of hydrogen-bond acceptors (Lipinski definition) is 5. The number of fused-ring (bicyclic) bond motifs is 1. The van der Waals surface area contributed by atoms with Crippen molar-refractivity contribution in [2.45, 2.75) is 12.0 Å². The summed E-state index contributed by atoms with van der Waals surface area (Å²) in [5.74, 6) is -0.0625. The van der Waals surface area contributed by atoms with Gasteiger partial charge in [0.1, 0.15) is 0 Å². The number of carboxylic acids is 1. The predicted molar refractivity (Wildman–Crippen MR) is 86.0 cm³/mol. The predicted octanol–water partition coefficient (Wildman–Crippen LogP) is 2.28. The third kappa shape index (κ3) is 2.39. The normalized spacial score (nSPS) is 25.8. The van der Waals surface area contributed by atoms with Crippen LogP contribution in [-0.2, 0) is 4.79 Å². The molecule has 1 fully saturated rings. The summed E-state index contributed by atoms with van der Waals surface area (Å²) < 4.78 is 10.8. The first-order valence-corrected chi connectivity index (χ1v) is 7.87. The third-order valence-corrected chi connectivity index (χ3v) is 4.87. The molecule has 1 aromatic carbocycles. The molecule has 0 bridgehead atoms. The molecule has 24 heavy (non-hydrogen) atoms. The van der Waals surface area contributed by atoms with E-state index in [-0.39, 0.29) is 18.8 Å². The van der Waals surface area contributed by atoms with E-state index in [9.17, 15) is 9.90 Å². The van der Waals surface area contributed by atoms with Gasteiger partial charge in [0.2, 0.25) is 6.79 Å². The van der Waals surface area contributed by atoms with E-state index in [1.807, 2.05) is 37.4 Å². The number of aliphatic carboxylic acids is 1. The molecular weight excluding hydrogens is 308 g/mol. The van der Waals surface area contributed by atoms with Gasteiger partial charge in [0.25, 0.3) is 0 Å². The molecule has 3 atom stereocenters. The van der Waals surface area contributed by atoms with Crippen LogP contribution in [0, 0.1) is 5.92 Å². The molecule has 1 saturated heterocycles. The lowest BCUT2D eigenvalue weighted by atomic mass is 9.83. The first-order chi connectivity index (χ1) is 11.6. The zero-order valence-electron chi connectivity index (χ0n) is 13.3. The molecule has 0 spiro atoms. The molecule has 4 rings (SSSR count). The third-order valence-electron chi connectivity index (χ3n) is 4.87. The Morgan fingerprint density at radius 2 is 2.08 bits per heavy atom. The van der Waals surface area contributed by atoms with E-state index in [0.717, 1.165) is 11.1 Å². The molecular formula is C18H18N2O4. The minimum Gasteiger partial charge on any atom is -0.481 e. The topological polar surface area (TPSA) is 71.9 Å². The molecule has 2 aromatic rings. The van der Waals surface area contributed by atoms with Crippen molar-refractivity contribution >= 4 is 5.97 Å². The molecule has 124 valence electrons. The van der Waals surface area contributed by atoms with Gasteiger partial charge in [0.05, 0.1) is 5.92 Å². The van der Waals surface area contributed by atoms with Crippen molar-refractivity contribution in [3.05, 3.63) is 53.9 Å². The number of carbonyl (C=O) groups is 1. The summed E-state index contributed by atoms with van der Waals surface area (Å²) in [6, 6.07) is 9.28. The van der Waals surface area contributed by atoms with Gasteiger partial charge < -0.3 is 14.6 Å². The fraction of sp³-hybridized carbons (Fsp3) is 0.333. The van der Waals surface area contributed by atoms with E-state index in [2.05, 4.69) is 9.88 Å². The zero-order chi connectivity index (χ0) is 16.7. The summed E-state index contributed by atoms with van der Waals surface area (Å²) in [5, 5.41) is 9.88. The molecule has 0 radical (unpaired) electrons. The molecule has 0 amide bonds. The number of likely N-dealkylation sites (tertiary alicyclic amines) is 1. The Kier molecular flexibility index (Phi) is 3.61. The maximum atomic E-state index is 12.0. The summed E-state index contributed by atoms with van der Waals surface area (Å²) in [6.07, 6.45) is 3.45. The van der Waals surface area contributed by atoms with E-state index in [1.165, 1.54) is 0 Å². The summed E-state index contributed by atoms with van der Waals surface area (Å²) in [4.78, 5) is 18.3. The number of nitrogens with zero attached hydrogens (tertiary/aromatic N) is 2. The van der Waals surface area contributed by atoms with Crippen LogP contribution in [0.15, 0.2) is 42.7 Å². The Hall–Kier alpha value is -2.60. The van der Waals surface area contributed by atoms with Crippen LogP contribution in [0.25, 0.3) is 0 Å². The van der Waals surface area contributed by atoms with Gasteiger partial charge in [-0.2, -0.15) is 0 Å². The Morgan fingerprint density at radius 3 is 2.83 bits per heavy atom. The van der Waals surface area contributed by atoms with Gasteiger partial charge >= 0.3 is 5.97 Å². The highest BCUT2D eigenvalue weighted by molar-refractivity contribution is 5.73. The van der Waals surface area contributed by atoms with Crippen molar-refractivity contribution in [1.29, 1.82) is 0 Å². The SMILES string of the molecule is CN1CC(c2ccc3c(c2)OCO3)C(C(=O)O)C1c1cccnc1. The van der Waals surface area contributed by atoms with Crippen LogP contribution in [0.5, 0.6) is 11.5 Å². The Morgan fingerprint density at radius 1 is 1.25 bits per heavy atom. The second-order valence-electron chi connectivity index (χ2n) is 6.25. The Bertz CT molecular complexity index is 765. The maximum Gasteiger partial charge on any atom is 0.309 e. The Balaban J connectivity index is 1.72. The second-order valence-corrected chi connectivity index (χ2v) is 6.25. The first-order valence-electron chi connectivity index (χ1n) is 7.87. The van der Waals surface area contributed by atoms with Crippen LogP contribution in [0.4, 0.5) is 0 Å². The lowest BCUT2D eigenvalue weighted by molar-refractivity contribution is -0.143. The van der Waals surface area contributed by atoms with E-state index in [0.29, 0.717) is 18.0 Å². The van der Waals surface area contributed by atoms with Gasteiger partial charge in [0.15, 0.2) is 11.5 Å². The number of likely N-dealkylation sites (N-methyl/N-ethyl adjacent to an activating group) is 1. The van der Waals surface area contributed by atoms with Gasteiger partial charge in [-0.15, -0.1) is 0 Å². The number of pyridine rings is 1. The highest BCUT2D eigenvalue weighted by Gasteiger charge is 2.46. The van der Waals surface area contributed by atoms with Crippen molar-refractivity contribution in [1.82, 2.24) is 9.88 Å². The lowest BCUT2D eigenvalue weighted by Crippen LogP contribution is -2.26. The molecule has 1 N–H and O–H groups in total. The van der Waals surface area contributed by atoms with E-state index in [4.69, 9.17) is 9.47 Å². The van der Waals surface area contributed by atoms with Gasteiger partial charge in [-0.05, 0) is 36.4 Å². The van der Waals surface area contributed by atoms with Crippen LogP contribution in [0.1, 0.15) is 23.1 Å². The second kappa shape index (κ2) is 5.79. The quantitative estimate of drug-likeness (QED) is 0.933. The van der Waals surface area contributed by atoms with Crippen LogP contribution >= 0.6 is 0 Å². The molecule has 2 aliphatic heterocycles. The summed E-state index contributed by atoms with van der Waals surface area (Å²) in [6.45, 7) is 0.875. The number of benzene rings is 1. The van der Waals surface area contributed by atoms with Crippen LogP contribution in [0.2, 0.25) is 0 Å². The highest BCUT2D eigenvalue weighted by atomic mass is 16.7. The van der Waals surface area contributed by atoms with Crippen LogP contribution < -0.4 is 9.47 Å². The van der Waals surface area contributed by atoms with Gasteiger partial charge in [-0.25, -0.2) is 0 Å². The van der Waals surface area contributed by atoms with Crippen LogP contribution in [-0.4, -0.2) is 41.3 Å². The highest BCUT2D eigenvalue weighted by Crippen LogP contribution is 2.46. The molecule has 6 nitrogen and oxygen atoms in total. The number of rotatable bonds is 3. The standard InChI is InChI=1S/C18H18N2O4/c1-20-9-13(11-4-5-14-15(7-11)24-10-23-14)16(18(21)22)17(20)12-3-2-6-19-8-12/h2-8,13,16-17H,9-10H2,1H3,(H,21,22). The molecule has 6 heteroatoms. The lowest BCUT2D eigenvalue weighted by Gasteiger charge is -2.23. The average molecular weight is 326 g/mol. The monoisotopic (exact) mass is 326 g/mol. The van der Waals surface area contributed by atoms with Crippen molar-refractivity contribution in [3.8, 4) is 11.5 Å². The smallest absolute Gasteiger partial charge is 0.309 e. The summed E-state index contributed by atoms with van der Waals surface area (Å²) in [5.41, 5.74) is 1.89. The van der Waals surface area contributed by atoms with Crippen LogP contribution in [0.3, 0.4) is 0 Å². The summed E-state index contributed by atoms with van der Waals surface area (Å²) in [7, 11) is 1.96. The average Bonchev–Trinajstić information content (AvgIpc) is 3.18. The number of hydrogen-bond donors (Lipinski definition) is 1. The molecule has 2 aliphatic rings. The minimum absolute atomic E-state index is 0.118. The molecule has 3 unspecified atom stereocenters. The maximum absolute atomic E-state index is 12.0. The molecule has 0 aliphatic carbocycles. The zero-order valence-corrected chi connectivity index (χ0v) is 13.3. The molecule has 0 saturated carbocycles. The largest absolute Gasteiger partial charge is 0.481 e. The van der Waals surface area contributed by atoms with Crippen molar-refractivity contribution < 1.29 is 19.4 Å². The van der Waals surface area contributed by atoms with E-state index >= 15 is 0 Å². The van der Waals surface area contributed by atoms with Crippen molar-refractivity contribution in [2.24, 2.45) is 5.92 Å².